The number of hydrogen-bond acceptors (Lipinski definition) is 4. The van der Waals surface area contributed by atoms with E-state index in [0.717, 1.165) is 6.54 Å². The van der Waals surface area contributed by atoms with E-state index in [9.17, 15) is 4.79 Å². The molecule has 0 aliphatic carbocycles. The van der Waals surface area contributed by atoms with Crippen LogP contribution >= 0.6 is 11.6 Å². The highest BCUT2D eigenvalue weighted by Crippen LogP contribution is 2.16. The Hall–Kier alpha value is -1.17. The summed E-state index contributed by atoms with van der Waals surface area (Å²) < 4.78 is 5.35. The van der Waals surface area contributed by atoms with E-state index in [-0.39, 0.29) is 5.91 Å². The molecule has 6 heteroatoms. The Balaban J connectivity index is 2.02. The number of nitrogens with one attached hydrogen (secondary N) is 2. The molecule has 1 aromatic heterocycles. The third kappa shape index (κ3) is 3.15. The topological polar surface area (TPSA) is 63.2 Å². The lowest BCUT2D eigenvalue weighted by Crippen LogP contribution is -2.45. The second-order valence-corrected chi connectivity index (χ2v) is 4.21. The Morgan fingerprint density at radius 1 is 1.65 bits per heavy atom. The summed E-state index contributed by atoms with van der Waals surface area (Å²) in [5.74, 6) is -0.163. The molecule has 1 aromatic rings. The van der Waals surface area contributed by atoms with Crippen LogP contribution in [0.15, 0.2) is 12.1 Å². The third-order valence-corrected chi connectivity index (χ3v) is 2.74. The summed E-state index contributed by atoms with van der Waals surface area (Å²) in [5.41, 5.74) is 1.35. The normalized spacial score (nSPS) is 20.0. The molecule has 1 amide bonds. The van der Waals surface area contributed by atoms with Crippen LogP contribution in [0.1, 0.15) is 5.69 Å². The van der Waals surface area contributed by atoms with Crippen molar-refractivity contribution in [3.63, 3.8) is 0 Å². The number of nitrogens with zero attached hydrogens (tertiary/aromatic N) is 1. The van der Waals surface area contributed by atoms with E-state index in [1.807, 2.05) is 0 Å². The molecule has 1 aliphatic heterocycles. The molecular weight excluding hydrogens is 242 g/mol. The fraction of sp³-hybridized carbons (Fsp3) is 0.455. The average Bonchev–Trinajstić information content (AvgIpc) is 2.34. The number of hydrogen-bond donors (Lipinski definition) is 2. The molecule has 1 aliphatic rings. The molecule has 0 saturated carbocycles. The van der Waals surface area contributed by atoms with Crippen molar-refractivity contribution in [2.24, 2.45) is 0 Å². The first-order valence-corrected chi connectivity index (χ1v) is 5.81. The minimum atomic E-state index is -0.446. The molecule has 1 saturated heterocycles. The van der Waals surface area contributed by atoms with Gasteiger partial charge in [-0.15, -0.1) is 0 Å². The lowest BCUT2D eigenvalue weighted by Gasteiger charge is -2.22. The van der Waals surface area contributed by atoms with Crippen molar-refractivity contribution in [2.45, 2.75) is 13.0 Å². The van der Waals surface area contributed by atoms with Gasteiger partial charge in [-0.2, -0.15) is 0 Å². The molecule has 1 unspecified atom stereocenters. The predicted molar refractivity (Wildman–Crippen MR) is 65.2 cm³/mol. The number of carbonyl (C=O) groups is 1. The Morgan fingerprint density at radius 3 is 3.12 bits per heavy atom. The zero-order valence-electron chi connectivity index (χ0n) is 9.50. The summed E-state index contributed by atoms with van der Waals surface area (Å²) in [5, 5.41) is 6.30. The molecule has 0 spiro atoms. The van der Waals surface area contributed by atoms with Crippen molar-refractivity contribution in [1.29, 1.82) is 0 Å². The van der Waals surface area contributed by atoms with Gasteiger partial charge < -0.3 is 15.4 Å². The molecule has 17 heavy (non-hydrogen) atoms. The standard InChI is InChI=1S/C11H14ClN3O2/c1-7-8(2-3-10(12)14-7)15-11(16)9-6-13-4-5-17-9/h2-3,9,13H,4-6H2,1H3,(H,15,16). The van der Waals surface area contributed by atoms with Gasteiger partial charge in [0.05, 0.1) is 18.0 Å². The van der Waals surface area contributed by atoms with Crippen LogP contribution in [0.5, 0.6) is 0 Å². The van der Waals surface area contributed by atoms with Crippen LogP contribution in [0.3, 0.4) is 0 Å². The van der Waals surface area contributed by atoms with E-state index in [4.69, 9.17) is 16.3 Å². The number of ether oxygens (including phenoxy) is 1. The second-order valence-electron chi connectivity index (χ2n) is 3.82. The molecule has 2 rings (SSSR count). The van der Waals surface area contributed by atoms with Crippen LogP contribution in [-0.4, -0.2) is 36.7 Å². The van der Waals surface area contributed by atoms with E-state index in [1.54, 1.807) is 19.1 Å². The highest BCUT2D eigenvalue weighted by molar-refractivity contribution is 6.29. The molecule has 2 heterocycles. The Bertz CT molecular complexity index is 419. The maximum Gasteiger partial charge on any atom is 0.254 e. The van der Waals surface area contributed by atoms with Gasteiger partial charge in [0, 0.05) is 13.1 Å². The SMILES string of the molecule is Cc1nc(Cl)ccc1NC(=O)C1CNCCO1. The van der Waals surface area contributed by atoms with E-state index in [2.05, 4.69) is 15.6 Å². The average molecular weight is 256 g/mol. The van der Waals surface area contributed by atoms with Crippen LogP contribution in [0.2, 0.25) is 5.15 Å². The van der Waals surface area contributed by atoms with Crippen molar-refractivity contribution in [2.75, 3.05) is 25.0 Å². The third-order valence-electron chi connectivity index (χ3n) is 2.53. The number of anilines is 1. The first kappa shape index (κ1) is 12.3. The van der Waals surface area contributed by atoms with Gasteiger partial charge in [0.15, 0.2) is 0 Å². The molecule has 2 N–H and O–H groups in total. The number of morpholine rings is 1. The van der Waals surface area contributed by atoms with Gasteiger partial charge in [-0.3, -0.25) is 4.79 Å². The van der Waals surface area contributed by atoms with Gasteiger partial charge in [0.25, 0.3) is 5.91 Å². The largest absolute Gasteiger partial charge is 0.366 e. The zero-order chi connectivity index (χ0) is 12.3. The maximum absolute atomic E-state index is 11.9. The summed E-state index contributed by atoms with van der Waals surface area (Å²) in [6, 6.07) is 3.38. The van der Waals surface area contributed by atoms with E-state index in [1.165, 1.54) is 0 Å². The molecule has 1 fully saturated rings. The van der Waals surface area contributed by atoms with Crippen molar-refractivity contribution >= 4 is 23.2 Å². The van der Waals surface area contributed by atoms with E-state index >= 15 is 0 Å². The molecule has 0 aromatic carbocycles. The molecule has 0 radical (unpaired) electrons. The summed E-state index contributed by atoms with van der Waals surface area (Å²) >= 11 is 5.74. The summed E-state index contributed by atoms with van der Waals surface area (Å²) in [6.45, 7) is 3.66. The summed E-state index contributed by atoms with van der Waals surface area (Å²) in [4.78, 5) is 15.9. The van der Waals surface area contributed by atoms with Crippen molar-refractivity contribution in [3.05, 3.63) is 23.0 Å². The number of halogens is 1. The number of aromatic nitrogens is 1. The monoisotopic (exact) mass is 255 g/mol. The van der Waals surface area contributed by atoms with Crippen LogP contribution in [0, 0.1) is 6.92 Å². The minimum Gasteiger partial charge on any atom is -0.366 e. The lowest BCUT2D eigenvalue weighted by molar-refractivity contribution is -0.128. The minimum absolute atomic E-state index is 0.163. The fourth-order valence-corrected chi connectivity index (χ4v) is 1.80. The molecule has 0 bridgehead atoms. The van der Waals surface area contributed by atoms with E-state index < -0.39 is 6.10 Å². The van der Waals surface area contributed by atoms with Gasteiger partial charge in [-0.1, -0.05) is 11.6 Å². The molecule has 92 valence electrons. The molecule has 1 atom stereocenters. The van der Waals surface area contributed by atoms with Crippen LogP contribution in [0.25, 0.3) is 0 Å². The van der Waals surface area contributed by atoms with Crippen molar-refractivity contribution in [1.82, 2.24) is 10.3 Å². The first-order chi connectivity index (χ1) is 8.16. The second kappa shape index (κ2) is 5.44. The highest BCUT2D eigenvalue weighted by Gasteiger charge is 2.22. The number of carbonyl (C=O) groups excluding carboxylic acids is 1. The van der Waals surface area contributed by atoms with Crippen LogP contribution < -0.4 is 10.6 Å². The number of amides is 1. The number of pyridine rings is 1. The smallest absolute Gasteiger partial charge is 0.254 e. The van der Waals surface area contributed by atoms with Crippen LogP contribution in [0.4, 0.5) is 5.69 Å². The maximum atomic E-state index is 11.9. The van der Waals surface area contributed by atoms with Gasteiger partial charge >= 0.3 is 0 Å². The number of rotatable bonds is 2. The lowest BCUT2D eigenvalue weighted by atomic mass is 10.2. The number of aryl methyl sites for hydroxylation is 1. The Labute approximate surface area is 105 Å². The van der Waals surface area contributed by atoms with Gasteiger partial charge in [-0.05, 0) is 19.1 Å². The Morgan fingerprint density at radius 2 is 2.47 bits per heavy atom. The molecular formula is C11H14ClN3O2. The predicted octanol–water partition coefficient (Wildman–Crippen LogP) is 0.970. The highest BCUT2D eigenvalue weighted by atomic mass is 35.5. The van der Waals surface area contributed by atoms with Crippen molar-refractivity contribution in [3.8, 4) is 0 Å². The van der Waals surface area contributed by atoms with Gasteiger partial charge in [0.1, 0.15) is 11.3 Å². The summed E-state index contributed by atoms with van der Waals surface area (Å²) in [6.07, 6.45) is -0.446. The summed E-state index contributed by atoms with van der Waals surface area (Å²) in [7, 11) is 0. The fourth-order valence-electron chi connectivity index (χ4n) is 1.61. The van der Waals surface area contributed by atoms with Gasteiger partial charge in [-0.25, -0.2) is 4.98 Å². The van der Waals surface area contributed by atoms with Crippen molar-refractivity contribution < 1.29 is 9.53 Å². The zero-order valence-corrected chi connectivity index (χ0v) is 10.3. The quantitative estimate of drug-likeness (QED) is 0.773. The molecule has 5 nitrogen and oxygen atoms in total. The Kier molecular flexibility index (Phi) is 3.93. The first-order valence-electron chi connectivity index (χ1n) is 5.43. The van der Waals surface area contributed by atoms with E-state index in [0.29, 0.717) is 29.7 Å². The van der Waals surface area contributed by atoms with Gasteiger partial charge in [0.2, 0.25) is 0 Å². The van der Waals surface area contributed by atoms with Crippen LogP contribution in [-0.2, 0) is 9.53 Å².